The molecule has 0 aromatic heterocycles. The molecular formula is C22H24N2O4. The third-order valence-electron chi connectivity index (χ3n) is 4.48. The van der Waals surface area contributed by atoms with E-state index in [4.69, 9.17) is 9.47 Å². The van der Waals surface area contributed by atoms with Gasteiger partial charge in [0.25, 0.3) is 5.91 Å². The Morgan fingerprint density at radius 1 is 1.07 bits per heavy atom. The minimum atomic E-state index is -0.206. The van der Waals surface area contributed by atoms with Crippen molar-refractivity contribution < 1.29 is 19.1 Å². The van der Waals surface area contributed by atoms with Crippen molar-refractivity contribution in [3.8, 4) is 5.75 Å². The average molecular weight is 380 g/mol. The van der Waals surface area contributed by atoms with Gasteiger partial charge in [0.2, 0.25) is 0 Å². The summed E-state index contributed by atoms with van der Waals surface area (Å²) >= 11 is 0. The summed E-state index contributed by atoms with van der Waals surface area (Å²) < 4.78 is 10.7. The molecule has 1 aliphatic heterocycles. The number of hydrogen-bond donors (Lipinski definition) is 1. The lowest BCUT2D eigenvalue weighted by molar-refractivity contribution is -0.122. The minimum absolute atomic E-state index is 0.0514. The highest BCUT2D eigenvalue weighted by molar-refractivity contribution is 6.06. The molecule has 0 unspecified atom stereocenters. The molecule has 0 aliphatic carbocycles. The third kappa shape index (κ3) is 5.44. The number of nitrogens with one attached hydrogen (secondary N) is 1. The maximum absolute atomic E-state index is 12.3. The van der Waals surface area contributed by atoms with Gasteiger partial charge < -0.3 is 19.7 Å². The Labute approximate surface area is 164 Å². The Balaban J connectivity index is 1.56. The van der Waals surface area contributed by atoms with Crippen molar-refractivity contribution in [3.05, 3.63) is 65.7 Å². The number of morpholine rings is 1. The molecule has 0 spiro atoms. The van der Waals surface area contributed by atoms with E-state index in [9.17, 15) is 9.59 Å². The summed E-state index contributed by atoms with van der Waals surface area (Å²) in [6, 6.07) is 14.9. The lowest BCUT2D eigenvalue weighted by Gasteiger charge is -2.28. The van der Waals surface area contributed by atoms with Crippen LogP contribution in [0.4, 0.5) is 5.69 Å². The summed E-state index contributed by atoms with van der Waals surface area (Å²) in [5.74, 6) is 0.251. The number of carbonyl (C=O) groups is 2. The van der Waals surface area contributed by atoms with E-state index in [1.54, 1.807) is 43.5 Å². The largest absolute Gasteiger partial charge is 0.484 e. The number of amides is 1. The van der Waals surface area contributed by atoms with Crippen LogP contribution < -0.4 is 15.0 Å². The molecule has 1 amide bonds. The molecule has 3 rings (SSSR count). The van der Waals surface area contributed by atoms with Crippen LogP contribution in [0.5, 0.6) is 5.75 Å². The first-order chi connectivity index (χ1) is 13.7. The van der Waals surface area contributed by atoms with Crippen molar-refractivity contribution in [2.75, 3.05) is 44.9 Å². The molecule has 1 N–H and O–H groups in total. The molecule has 146 valence electrons. The minimum Gasteiger partial charge on any atom is -0.484 e. The Bertz CT molecular complexity index is 823. The van der Waals surface area contributed by atoms with Crippen molar-refractivity contribution in [2.45, 2.75) is 0 Å². The summed E-state index contributed by atoms with van der Waals surface area (Å²) in [5, 5.41) is 2.48. The van der Waals surface area contributed by atoms with Crippen LogP contribution in [0.3, 0.4) is 0 Å². The number of benzene rings is 2. The second-order valence-corrected chi connectivity index (χ2v) is 6.37. The van der Waals surface area contributed by atoms with Gasteiger partial charge in [-0.25, -0.2) is 0 Å². The van der Waals surface area contributed by atoms with Gasteiger partial charge in [0.05, 0.1) is 13.2 Å². The standard InChI is InChI=1S/C22H24N2O4/c1-23-22(26)16-28-20-9-5-18(6-10-20)21(25)11-4-17-2-7-19(8-3-17)24-12-14-27-15-13-24/h2-11H,12-16H2,1H3,(H,23,26)/b11-4+. The molecule has 1 fully saturated rings. The number of anilines is 1. The summed E-state index contributed by atoms with van der Waals surface area (Å²) in [6.07, 6.45) is 3.37. The second-order valence-electron chi connectivity index (χ2n) is 6.37. The number of ketones is 1. The second kappa shape index (κ2) is 9.71. The highest BCUT2D eigenvalue weighted by atomic mass is 16.5. The van der Waals surface area contributed by atoms with Crippen LogP contribution in [0.2, 0.25) is 0 Å². The molecule has 1 saturated heterocycles. The highest BCUT2D eigenvalue weighted by Gasteiger charge is 2.10. The van der Waals surface area contributed by atoms with Crippen LogP contribution in [0, 0.1) is 0 Å². The van der Waals surface area contributed by atoms with E-state index in [1.807, 2.05) is 12.1 Å². The lowest BCUT2D eigenvalue weighted by Crippen LogP contribution is -2.36. The molecule has 1 heterocycles. The lowest BCUT2D eigenvalue weighted by atomic mass is 10.1. The number of hydrogen-bond acceptors (Lipinski definition) is 5. The number of carbonyl (C=O) groups excluding carboxylic acids is 2. The van der Waals surface area contributed by atoms with E-state index >= 15 is 0 Å². The van der Waals surface area contributed by atoms with Crippen molar-refractivity contribution in [2.24, 2.45) is 0 Å². The molecule has 6 nitrogen and oxygen atoms in total. The SMILES string of the molecule is CNC(=O)COc1ccc(C(=O)/C=C/c2ccc(N3CCOCC3)cc2)cc1. The van der Waals surface area contributed by atoms with Gasteiger partial charge in [0.15, 0.2) is 12.4 Å². The molecule has 2 aromatic carbocycles. The Kier molecular flexibility index (Phi) is 6.81. The predicted molar refractivity (Wildman–Crippen MR) is 109 cm³/mol. The Morgan fingerprint density at radius 3 is 2.39 bits per heavy atom. The highest BCUT2D eigenvalue weighted by Crippen LogP contribution is 2.18. The first-order valence-electron chi connectivity index (χ1n) is 9.24. The van der Waals surface area contributed by atoms with Crippen molar-refractivity contribution in [3.63, 3.8) is 0 Å². The van der Waals surface area contributed by atoms with Gasteiger partial charge in [-0.3, -0.25) is 9.59 Å². The molecule has 6 heteroatoms. The van der Waals surface area contributed by atoms with Crippen LogP contribution in [0.15, 0.2) is 54.6 Å². The zero-order valence-electron chi connectivity index (χ0n) is 15.9. The van der Waals surface area contributed by atoms with E-state index in [0.717, 1.165) is 31.9 Å². The maximum atomic E-state index is 12.3. The van der Waals surface area contributed by atoms with Crippen LogP contribution in [0.25, 0.3) is 6.08 Å². The monoisotopic (exact) mass is 380 g/mol. The van der Waals surface area contributed by atoms with Crippen LogP contribution in [-0.2, 0) is 9.53 Å². The summed E-state index contributed by atoms with van der Waals surface area (Å²) in [4.78, 5) is 25.8. The van der Waals surface area contributed by atoms with E-state index in [-0.39, 0.29) is 18.3 Å². The average Bonchev–Trinajstić information content (AvgIpc) is 2.77. The zero-order valence-corrected chi connectivity index (χ0v) is 15.9. The smallest absolute Gasteiger partial charge is 0.257 e. The van der Waals surface area contributed by atoms with Gasteiger partial charge in [0, 0.05) is 31.4 Å². The Morgan fingerprint density at radius 2 is 1.75 bits per heavy atom. The number of nitrogens with zero attached hydrogens (tertiary/aromatic N) is 1. The molecule has 0 atom stereocenters. The maximum Gasteiger partial charge on any atom is 0.257 e. The topological polar surface area (TPSA) is 67.9 Å². The van der Waals surface area contributed by atoms with Gasteiger partial charge in [-0.2, -0.15) is 0 Å². The van der Waals surface area contributed by atoms with E-state index in [1.165, 1.54) is 5.69 Å². The van der Waals surface area contributed by atoms with Crippen molar-refractivity contribution in [1.82, 2.24) is 5.32 Å². The van der Waals surface area contributed by atoms with Crippen molar-refractivity contribution in [1.29, 1.82) is 0 Å². The molecular weight excluding hydrogens is 356 g/mol. The fraction of sp³-hybridized carbons (Fsp3) is 0.273. The zero-order chi connectivity index (χ0) is 19.8. The van der Waals surface area contributed by atoms with Gasteiger partial charge in [-0.05, 0) is 48.0 Å². The quantitative estimate of drug-likeness (QED) is 0.591. The molecule has 2 aromatic rings. The first kappa shape index (κ1) is 19.6. The van der Waals surface area contributed by atoms with Crippen LogP contribution in [-0.4, -0.2) is 51.6 Å². The number of ether oxygens (including phenoxy) is 2. The first-order valence-corrected chi connectivity index (χ1v) is 9.24. The third-order valence-corrected chi connectivity index (χ3v) is 4.48. The van der Waals surface area contributed by atoms with Gasteiger partial charge in [-0.15, -0.1) is 0 Å². The fourth-order valence-electron chi connectivity index (χ4n) is 2.82. The fourth-order valence-corrected chi connectivity index (χ4v) is 2.82. The van der Waals surface area contributed by atoms with Gasteiger partial charge >= 0.3 is 0 Å². The van der Waals surface area contributed by atoms with E-state index in [0.29, 0.717) is 11.3 Å². The summed E-state index contributed by atoms with van der Waals surface area (Å²) in [5.41, 5.74) is 2.70. The van der Waals surface area contributed by atoms with Crippen LogP contribution >= 0.6 is 0 Å². The summed E-state index contributed by atoms with van der Waals surface area (Å²) in [6.45, 7) is 3.26. The number of allylic oxidation sites excluding steroid dienone is 1. The molecule has 0 saturated carbocycles. The van der Waals surface area contributed by atoms with Crippen LogP contribution in [0.1, 0.15) is 15.9 Å². The summed E-state index contributed by atoms with van der Waals surface area (Å²) in [7, 11) is 1.55. The number of likely N-dealkylation sites (N-methyl/N-ethyl adjacent to an activating group) is 1. The normalized spacial score (nSPS) is 14.1. The van der Waals surface area contributed by atoms with Gasteiger partial charge in [0.1, 0.15) is 5.75 Å². The molecule has 0 bridgehead atoms. The Hall–Kier alpha value is -3.12. The van der Waals surface area contributed by atoms with Gasteiger partial charge in [-0.1, -0.05) is 18.2 Å². The number of rotatable bonds is 7. The predicted octanol–water partition coefficient (Wildman–Crippen LogP) is 2.54. The van der Waals surface area contributed by atoms with E-state index in [2.05, 4.69) is 22.3 Å². The van der Waals surface area contributed by atoms with E-state index < -0.39 is 0 Å². The molecule has 0 radical (unpaired) electrons. The molecule has 1 aliphatic rings. The molecule has 28 heavy (non-hydrogen) atoms. The van der Waals surface area contributed by atoms with Crippen molar-refractivity contribution >= 4 is 23.5 Å².